The number of carbonyl (C=O) groups is 4. The van der Waals surface area contributed by atoms with Gasteiger partial charge in [0.05, 0.1) is 46.7 Å². The number of ketones is 4. The van der Waals surface area contributed by atoms with E-state index in [9.17, 15) is 24.3 Å². The van der Waals surface area contributed by atoms with Crippen molar-refractivity contribution in [3.8, 4) is 17.2 Å². The van der Waals surface area contributed by atoms with E-state index in [1.807, 2.05) is 102 Å². The molecule has 2 bridgehead atoms. The topological polar surface area (TPSA) is 171 Å². The number of benzene rings is 7. The lowest BCUT2D eigenvalue weighted by atomic mass is 9.85. The third-order valence-corrected chi connectivity index (χ3v) is 28.3. The number of likely N-dealkylation sites (tertiary alicyclic amines) is 3. The fourth-order valence-electron chi connectivity index (χ4n) is 20.1. The maximum atomic E-state index is 12.9. The van der Waals surface area contributed by atoms with Crippen molar-refractivity contribution in [1.82, 2.24) is 42.9 Å². The number of nitrogens with zero attached hydrogens (tertiary/aromatic N) is 9. The number of aromatic nitrogens is 5. The van der Waals surface area contributed by atoms with Gasteiger partial charge in [0.1, 0.15) is 23.4 Å². The van der Waals surface area contributed by atoms with Crippen LogP contribution in [-0.4, -0.2) is 187 Å². The lowest BCUT2D eigenvalue weighted by Crippen LogP contribution is -2.46. The van der Waals surface area contributed by atoms with E-state index in [0.29, 0.717) is 55.2 Å². The molecule has 1 N–H and O–H groups in total. The second-order valence-corrected chi connectivity index (χ2v) is 38.8. The van der Waals surface area contributed by atoms with Crippen molar-refractivity contribution in [3.63, 3.8) is 0 Å². The molecule has 18 nitrogen and oxygen atoms in total. The van der Waals surface area contributed by atoms with Crippen molar-refractivity contribution in [3.05, 3.63) is 226 Å². The summed E-state index contributed by atoms with van der Waals surface area (Å²) < 4.78 is 33.5. The van der Waals surface area contributed by atoms with Gasteiger partial charge in [-0.1, -0.05) is 151 Å². The first-order valence-corrected chi connectivity index (χ1v) is 49.1. The van der Waals surface area contributed by atoms with E-state index >= 15 is 0 Å². The summed E-state index contributed by atoms with van der Waals surface area (Å²) in [6.07, 6.45) is 29.8. The predicted molar refractivity (Wildman–Crippen MR) is 524 cm³/mol. The number of halogens is 1. The molecule has 0 radical (unpaired) electrons. The highest BCUT2D eigenvalue weighted by molar-refractivity contribution is 7.18. The zero-order chi connectivity index (χ0) is 89.6. The second-order valence-electron chi connectivity index (χ2n) is 37.3. The molecule has 20 heteroatoms. The summed E-state index contributed by atoms with van der Waals surface area (Å²) in [7, 11) is 3.35. The minimum atomic E-state index is -0.599. The lowest BCUT2D eigenvalue weighted by molar-refractivity contribution is -0.0209. The number of ether oxygens (including phenoxy) is 4. The van der Waals surface area contributed by atoms with Crippen LogP contribution in [0, 0.1) is 11.8 Å². The number of unbranched alkanes of at least 4 members (excludes halogenated alkanes) is 1. The summed E-state index contributed by atoms with van der Waals surface area (Å²) in [4.78, 5) is 65.7. The number of para-hydroxylation sites is 4. The molecule has 0 amide bonds. The zero-order valence-electron chi connectivity index (χ0n) is 77.4. The molecule has 5 aromatic heterocycles. The molecule has 12 aromatic rings. The first kappa shape index (κ1) is 94.8. The molecule has 5 saturated heterocycles. The van der Waals surface area contributed by atoms with Gasteiger partial charge in [0.15, 0.2) is 23.1 Å². The van der Waals surface area contributed by atoms with Crippen molar-refractivity contribution in [2.24, 2.45) is 11.8 Å². The first-order chi connectivity index (χ1) is 62.2. The Hall–Kier alpha value is -9.28. The number of aryl methyl sites for hydroxylation is 4. The van der Waals surface area contributed by atoms with E-state index in [1.165, 1.54) is 52.0 Å². The Balaban J connectivity index is 0.000000139. The summed E-state index contributed by atoms with van der Waals surface area (Å²) >= 11 is 7.89. The molecular formula is C108H138ClN9O9S. The molecule has 2 atom stereocenters. The van der Waals surface area contributed by atoms with Gasteiger partial charge in [-0.2, -0.15) is 0 Å². The quantitative estimate of drug-likeness (QED) is 0.0365. The van der Waals surface area contributed by atoms with E-state index in [1.54, 1.807) is 21.1 Å². The number of piperidine rings is 4. The largest absolute Gasteiger partial charge is 0.497 e. The van der Waals surface area contributed by atoms with Crippen molar-refractivity contribution < 1.29 is 43.2 Å². The Morgan fingerprint density at radius 2 is 1.02 bits per heavy atom. The number of hydrogen-bond donors (Lipinski definition) is 1. The fourth-order valence-corrected chi connectivity index (χ4v) is 21.4. The van der Waals surface area contributed by atoms with Gasteiger partial charge < -0.3 is 57.0 Å². The molecule has 5 aliphatic heterocycles. The third-order valence-electron chi connectivity index (χ3n) is 26.9. The van der Waals surface area contributed by atoms with Crippen LogP contribution in [0.25, 0.3) is 53.8 Å². The number of thiazole rings is 1. The molecule has 0 saturated carbocycles. The molecule has 5 fully saturated rings. The van der Waals surface area contributed by atoms with Crippen LogP contribution in [0.3, 0.4) is 0 Å². The normalized spacial score (nSPS) is 17.7. The molecule has 0 aliphatic carbocycles. The molecule has 5 aliphatic rings. The number of hydrogen-bond acceptors (Lipinski definition) is 15. The van der Waals surface area contributed by atoms with Crippen molar-refractivity contribution in [2.75, 3.05) is 86.3 Å². The lowest BCUT2D eigenvalue weighted by Gasteiger charge is -2.39. The van der Waals surface area contributed by atoms with Gasteiger partial charge in [-0.05, 0) is 233 Å². The number of fused-ring (bicyclic) bond motifs is 7. The Labute approximate surface area is 768 Å². The number of rotatable bonds is 37. The molecule has 0 spiro atoms. The molecule has 7 aromatic carbocycles. The van der Waals surface area contributed by atoms with Gasteiger partial charge in [-0.3, -0.25) is 24.1 Å². The van der Waals surface area contributed by atoms with Crippen LogP contribution < -0.4 is 14.2 Å². The Bertz CT molecular complexity index is 5540. The number of methoxy groups -OCH3 is 2. The first-order valence-electron chi connectivity index (χ1n) is 47.9. The molecular weight excluding hydrogens is 1630 g/mol. The van der Waals surface area contributed by atoms with Gasteiger partial charge in [0.25, 0.3) is 0 Å². The SMILES string of the molecule is CC(C)CC(=O)c1cn(CCCN2CCC(c3nc4ccccc4s3)CC2)c2ccccc12.CCCCC(=O)c1cn(CCCN2C3CCC2CC(Oc2ccc(Cl)cc2)C3)c2ccc(OC)cc12.CCCOC1CCN(CCCn2cc(C(=O)CC(C)C)c3ccccc32)CC1.COc1cccc2c(C(C)=O)cn(CCCN3CCC(O)(Cc4ccccc4)CC3)c12. The Kier molecular flexibility index (Phi) is 34.1. The van der Waals surface area contributed by atoms with E-state index < -0.39 is 5.60 Å². The highest BCUT2D eigenvalue weighted by atomic mass is 35.5. The molecule has 17 rings (SSSR count). The summed E-state index contributed by atoms with van der Waals surface area (Å²) in [5.74, 6) is 4.71. The summed E-state index contributed by atoms with van der Waals surface area (Å²) in [5.41, 5.74) is 9.57. The van der Waals surface area contributed by atoms with Gasteiger partial charge in [-0.25, -0.2) is 4.98 Å². The number of carbonyl (C=O) groups excluding carboxylic acids is 4. The van der Waals surface area contributed by atoms with E-state index in [2.05, 4.69) is 177 Å². The van der Waals surface area contributed by atoms with Crippen LogP contribution >= 0.6 is 22.9 Å². The van der Waals surface area contributed by atoms with Crippen molar-refractivity contribution >= 4 is 99.9 Å². The van der Waals surface area contributed by atoms with E-state index in [0.717, 1.165) is 271 Å². The fraction of sp³-hybridized carbons (Fsp3) is 0.491. The van der Waals surface area contributed by atoms with Crippen molar-refractivity contribution in [2.45, 2.75) is 245 Å². The highest BCUT2D eigenvalue weighted by Crippen LogP contribution is 2.40. The maximum Gasteiger partial charge on any atom is 0.165 e. The summed E-state index contributed by atoms with van der Waals surface area (Å²) in [5, 5.41) is 17.2. The minimum absolute atomic E-state index is 0.0748. The zero-order valence-corrected chi connectivity index (χ0v) is 79.0. The highest BCUT2D eigenvalue weighted by Gasteiger charge is 2.42. The van der Waals surface area contributed by atoms with Crippen LogP contribution in [0.1, 0.15) is 235 Å². The Morgan fingerprint density at radius 1 is 0.500 bits per heavy atom. The third kappa shape index (κ3) is 24.9. The molecule has 682 valence electrons. The Morgan fingerprint density at radius 3 is 1.58 bits per heavy atom. The average molecular weight is 1770 g/mol. The maximum absolute atomic E-state index is 12.9. The minimum Gasteiger partial charge on any atom is -0.497 e. The van der Waals surface area contributed by atoms with Crippen LogP contribution in [0.2, 0.25) is 5.02 Å². The number of aliphatic hydroxyl groups is 1. The molecule has 128 heavy (non-hydrogen) atoms. The second kappa shape index (κ2) is 46.0. The average Bonchev–Trinajstić information content (AvgIpc) is 1.61. The van der Waals surface area contributed by atoms with Gasteiger partial charge in [0.2, 0.25) is 0 Å². The van der Waals surface area contributed by atoms with Gasteiger partial charge >= 0.3 is 0 Å². The van der Waals surface area contributed by atoms with Gasteiger partial charge in [0, 0.05) is 199 Å². The van der Waals surface area contributed by atoms with E-state index in [-0.39, 0.29) is 29.2 Å². The predicted octanol–water partition coefficient (Wildman–Crippen LogP) is 23.4. The smallest absolute Gasteiger partial charge is 0.165 e. The standard InChI is InChI=1S/C30H37ClN2O3.C28H33N3OS.C26H32N2O3.C24H36N2O2/c1-3-4-6-30(34)28-20-32(29-14-13-25(35-2)19-27(28)29)15-5-16-33-22-9-10-23(33)18-26(17-22)36-24-11-7-21(31)8-12-24;1-20(2)18-26(32)23-19-31(25-10-5-3-8-22(23)25)15-7-14-30-16-12-21(13-17-30)28-29-24-9-4-6-11-27(24)33-28;1-20(29)23-19-28(25-22(23)10-6-11-24(25)31-2)15-7-14-27-16-12-26(30,13-17-27)18-21-8-4-3-5-9-21;1-4-16-28-20-10-14-25(15-11-20)12-7-13-26-18-22(24(27)17-19(2)3)21-8-5-6-9-23(21)26/h7-8,11-14,19-20,22-23,26H,3-6,9-10,15-18H2,1-2H3;3-6,8-11,19-21H,7,12-18H2,1-2H3;3-6,8-11,19,30H,7,12-18H2,1-2H3;5-6,8-9,18-20H,4,7,10-17H2,1-3H3. The van der Waals surface area contributed by atoms with Crippen molar-refractivity contribution in [1.29, 1.82) is 0 Å². The van der Waals surface area contributed by atoms with Crippen LogP contribution in [0.15, 0.2) is 189 Å². The van der Waals surface area contributed by atoms with Crippen LogP contribution in [0.5, 0.6) is 17.2 Å². The molecule has 10 heterocycles. The number of Topliss-reactive ketones (excluding diaryl/α,β-unsaturated/α-hetero) is 4. The summed E-state index contributed by atoms with van der Waals surface area (Å²) in [6, 6.07) is 56.3. The van der Waals surface area contributed by atoms with E-state index in [4.69, 9.17) is 35.5 Å². The monoisotopic (exact) mass is 1770 g/mol. The van der Waals surface area contributed by atoms with Gasteiger partial charge in [-0.15, -0.1) is 11.3 Å². The summed E-state index contributed by atoms with van der Waals surface area (Å²) in [6.45, 7) is 29.5. The van der Waals surface area contributed by atoms with Crippen LogP contribution in [0.4, 0.5) is 0 Å². The molecule has 2 unspecified atom stereocenters. The van der Waals surface area contributed by atoms with Crippen LogP contribution in [-0.2, 0) is 37.3 Å².